The third-order valence-electron chi connectivity index (χ3n) is 5.20. The highest BCUT2D eigenvalue weighted by Gasteiger charge is 2.22. The minimum absolute atomic E-state index is 0.127. The van der Waals surface area contributed by atoms with Gasteiger partial charge in [-0.1, -0.05) is 28.9 Å². The second kappa shape index (κ2) is 9.36. The first kappa shape index (κ1) is 20.5. The van der Waals surface area contributed by atoms with E-state index in [0.717, 1.165) is 24.2 Å². The second-order valence-electron chi connectivity index (χ2n) is 7.30. The lowest BCUT2D eigenvalue weighted by Gasteiger charge is -2.34. The van der Waals surface area contributed by atoms with Crippen LogP contribution in [0.4, 0.5) is 4.39 Å². The maximum absolute atomic E-state index is 13.0. The van der Waals surface area contributed by atoms with Crippen LogP contribution in [0.15, 0.2) is 53.1 Å². The summed E-state index contributed by atoms with van der Waals surface area (Å²) in [6, 6.07) is 13.6. The van der Waals surface area contributed by atoms with E-state index in [-0.39, 0.29) is 11.7 Å². The molecule has 6 nitrogen and oxygen atoms in total. The molecular formula is C22H22ClFN4O2. The fourth-order valence-electron chi connectivity index (χ4n) is 3.44. The Morgan fingerprint density at radius 3 is 2.43 bits per heavy atom. The summed E-state index contributed by atoms with van der Waals surface area (Å²) in [6.07, 6.45) is 1.05. The van der Waals surface area contributed by atoms with E-state index < -0.39 is 0 Å². The Balaban J connectivity index is 1.24. The first-order valence-corrected chi connectivity index (χ1v) is 10.3. The highest BCUT2D eigenvalue weighted by Crippen LogP contribution is 2.19. The maximum Gasteiger partial charge on any atom is 0.241 e. The Labute approximate surface area is 179 Å². The normalized spacial score (nSPS) is 14.8. The van der Waals surface area contributed by atoms with Gasteiger partial charge in [0.05, 0.1) is 6.54 Å². The lowest BCUT2D eigenvalue weighted by atomic mass is 10.1. The Hall–Kier alpha value is -2.77. The summed E-state index contributed by atoms with van der Waals surface area (Å²) >= 11 is 5.91. The van der Waals surface area contributed by atoms with Crippen LogP contribution in [0.2, 0.25) is 5.02 Å². The minimum atomic E-state index is -0.261. The van der Waals surface area contributed by atoms with E-state index in [4.69, 9.17) is 16.1 Å². The van der Waals surface area contributed by atoms with Crippen LogP contribution in [0, 0.1) is 5.82 Å². The summed E-state index contributed by atoms with van der Waals surface area (Å²) in [4.78, 5) is 21.0. The summed E-state index contributed by atoms with van der Waals surface area (Å²) in [7, 11) is 0. The molecule has 30 heavy (non-hydrogen) atoms. The number of aryl methyl sites for hydroxylation is 1. The van der Waals surface area contributed by atoms with E-state index in [9.17, 15) is 9.18 Å². The van der Waals surface area contributed by atoms with Crippen molar-refractivity contribution in [2.75, 3.05) is 26.2 Å². The molecule has 2 aromatic carbocycles. The molecule has 1 saturated heterocycles. The van der Waals surface area contributed by atoms with E-state index in [1.54, 1.807) is 24.3 Å². The van der Waals surface area contributed by atoms with Crippen molar-refractivity contribution in [1.82, 2.24) is 19.9 Å². The number of halogens is 2. The molecule has 0 unspecified atom stereocenters. The predicted molar refractivity (Wildman–Crippen MR) is 111 cm³/mol. The van der Waals surface area contributed by atoms with Crippen LogP contribution >= 0.6 is 11.6 Å². The van der Waals surface area contributed by atoms with Gasteiger partial charge in [-0.15, -0.1) is 0 Å². The molecule has 1 fully saturated rings. The number of amides is 1. The highest BCUT2D eigenvalue weighted by molar-refractivity contribution is 6.30. The lowest BCUT2D eigenvalue weighted by molar-refractivity contribution is -0.133. The van der Waals surface area contributed by atoms with Crippen LogP contribution in [-0.4, -0.2) is 52.0 Å². The number of benzene rings is 2. The minimum Gasteiger partial charge on any atom is -0.340 e. The first-order chi connectivity index (χ1) is 14.6. The third kappa shape index (κ3) is 5.23. The average molecular weight is 429 g/mol. The van der Waals surface area contributed by atoms with Gasteiger partial charge in [0.1, 0.15) is 5.82 Å². The Kier molecular flexibility index (Phi) is 6.40. The monoisotopic (exact) mass is 428 g/mol. The second-order valence-corrected chi connectivity index (χ2v) is 7.74. The third-order valence-corrected chi connectivity index (χ3v) is 5.45. The van der Waals surface area contributed by atoms with Crippen molar-refractivity contribution < 1.29 is 13.7 Å². The Morgan fingerprint density at radius 2 is 1.73 bits per heavy atom. The number of hydrogen-bond acceptors (Lipinski definition) is 5. The lowest BCUT2D eigenvalue weighted by Crippen LogP contribution is -2.48. The summed E-state index contributed by atoms with van der Waals surface area (Å²) in [5.74, 6) is 0.955. The van der Waals surface area contributed by atoms with Gasteiger partial charge >= 0.3 is 0 Å². The molecule has 0 spiro atoms. The average Bonchev–Trinajstić information content (AvgIpc) is 3.22. The quantitative estimate of drug-likeness (QED) is 0.597. The number of carbonyl (C=O) groups excluding carboxylic acids is 1. The largest absolute Gasteiger partial charge is 0.340 e. The van der Waals surface area contributed by atoms with Crippen molar-refractivity contribution in [3.8, 4) is 11.4 Å². The molecule has 0 radical (unpaired) electrons. The number of hydrogen-bond donors (Lipinski definition) is 0. The van der Waals surface area contributed by atoms with Crippen LogP contribution in [0.1, 0.15) is 17.9 Å². The molecule has 0 atom stereocenters. The van der Waals surface area contributed by atoms with Gasteiger partial charge in [0.2, 0.25) is 17.6 Å². The van der Waals surface area contributed by atoms with Gasteiger partial charge in [-0.3, -0.25) is 9.69 Å². The van der Waals surface area contributed by atoms with Gasteiger partial charge in [-0.2, -0.15) is 4.98 Å². The van der Waals surface area contributed by atoms with Gasteiger partial charge in [0, 0.05) is 43.2 Å². The van der Waals surface area contributed by atoms with Crippen molar-refractivity contribution in [3.63, 3.8) is 0 Å². The summed E-state index contributed by atoms with van der Waals surface area (Å²) in [6.45, 7) is 3.39. The molecule has 0 saturated carbocycles. The molecule has 0 bridgehead atoms. The fourth-order valence-corrected chi connectivity index (χ4v) is 3.57. The zero-order valence-electron chi connectivity index (χ0n) is 16.4. The van der Waals surface area contributed by atoms with Crippen LogP contribution in [0.5, 0.6) is 0 Å². The van der Waals surface area contributed by atoms with E-state index >= 15 is 0 Å². The van der Waals surface area contributed by atoms with Crippen LogP contribution in [-0.2, 0) is 17.8 Å². The Bertz CT molecular complexity index is 983. The number of rotatable bonds is 6. The van der Waals surface area contributed by atoms with E-state index in [0.29, 0.717) is 49.2 Å². The number of aromatic nitrogens is 2. The van der Waals surface area contributed by atoms with Gasteiger partial charge in [0.25, 0.3) is 0 Å². The SMILES string of the molecule is O=C(CCc1ccc(F)cc1)N1CCN(Cc2nc(-c3ccc(Cl)cc3)no2)CC1. The molecular weight excluding hydrogens is 407 g/mol. The molecule has 156 valence electrons. The van der Waals surface area contributed by atoms with E-state index in [2.05, 4.69) is 15.0 Å². The highest BCUT2D eigenvalue weighted by atomic mass is 35.5. The van der Waals surface area contributed by atoms with Crippen LogP contribution < -0.4 is 0 Å². The molecule has 1 amide bonds. The van der Waals surface area contributed by atoms with Gasteiger partial charge in [-0.05, 0) is 48.4 Å². The fraction of sp³-hybridized carbons (Fsp3) is 0.318. The van der Waals surface area contributed by atoms with E-state index in [1.165, 1.54) is 12.1 Å². The molecule has 8 heteroatoms. The zero-order chi connectivity index (χ0) is 20.9. The molecule has 1 aromatic heterocycles. The number of piperazine rings is 1. The van der Waals surface area contributed by atoms with Crippen molar-refractivity contribution in [3.05, 3.63) is 70.8 Å². The molecule has 4 rings (SSSR count). The van der Waals surface area contributed by atoms with Crippen molar-refractivity contribution in [2.24, 2.45) is 0 Å². The van der Waals surface area contributed by atoms with Crippen molar-refractivity contribution in [2.45, 2.75) is 19.4 Å². The van der Waals surface area contributed by atoms with Gasteiger partial charge in [0.15, 0.2) is 0 Å². The number of carbonyl (C=O) groups is 1. The smallest absolute Gasteiger partial charge is 0.241 e. The maximum atomic E-state index is 13.0. The topological polar surface area (TPSA) is 62.5 Å². The molecule has 0 aliphatic carbocycles. The predicted octanol–water partition coefficient (Wildman–Crippen LogP) is 3.81. The summed E-state index contributed by atoms with van der Waals surface area (Å²) < 4.78 is 18.4. The van der Waals surface area contributed by atoms with Crippen LogP contribution in [0.25, 0.3) is 11.4 Å². The Morgan fingerprint density at radius 1 is 1.03 bits per heavy atom. The summed E-state index contributed by atoms with van der Waals surface area (Å²) in [5.41, 5.74) is 1.82. The van der Waals surface area contributed by atoms with E-state index in [1.807, 2.05) is 17.0 Å². The van der Waals surface area contributed by atoms with Crippen molar-refractivity contribution in [1.29, 1.82) is 0 Å². The van der Waals surface area contributed by atoms with Gasteiger partial charge in [-0.25, -0.2) is 4.39 Å². The van der Waals surface area contributed by atoms with Gasteiger partial charge < -0.3 is 9.42 Å². The molecule has 2 heterocycles. The zero-order valence-corrected chi connectivity index (χ0v) is 17.2. The van der Waals surface area contributed by atoms with Crippen molar-refractivity contribution >= 4 is 17.5 Å². The number of nitrogens with zero attached hydrogens (tertiary/aromatic N) is 4. The van der Waals surface area contributed by atoms with Crippen LogP contribution in [0.3, 0.4) is 0 Å². The standard InChI is InChI=1S/C22H22ClFN4O2/c23-18-6-4-17(5-7-18)22-25-20(30-26-22)15-27-11-13-28(14-12-27)21(29)10-3-16-1-8-19(24)9-2-16/h1-2,4-9H,3,10-15H2. The molecule has 1 aliphatic rings. The summed E-state index contributed by atoms with van der Waals surface area (Å²) in [5, 5.41) is 4.70. The first-order valence-electron chi connectivity index (χ1n) is 9.90. The molecule has 3 aromatic rings. The molecule has 0 N–H and O–H groups in total. The molecule has 1 aliphatic heterocycles.